The van der Waals surface area contributed by atoms with E-state index in [2.05, 4.69) is 0 Å². The second-order valence-corrected chi connectivity index (χ2v) is 3.72. The number of halogens is 3. The molecule has 0 saturated heterocycles. The number of rotatable bonds is 4. The Kier molecular flexibility index (Phi) is 4.41. The summed E-state index contributed by atoms with van der Waals surface area (Å²) < 4.78 is 41.1. The number of likely N-dealkylation sites (N-methyl/N-ethyl adjacent to an activating group) is 1. The number of ether oxygens (including phenoxy) is 1. The van der Waals surface area contributed by atoms with Crippen LogP contribution in [0.25, 0.3) is 0 Å². The number of nitrogens with two attached hydrogens (primary N) is 1. The van der Waals surface area contributed by atoms with Crippen LogP contribution in [0.3, 0.4) is 0 Å². The first-order chi connectivity index (χ1) is 8.28. The minimum absolute atomic E-state index is 0.373. The molecule has 0 spiro atoms. The van der Waals surface area contributed by atoms with Gasteiger partial charge >= 0.3 is 6.18 Å². The highest BCUT2D eigenvalue weighted by molar-refractivity contribution is 5.77. The largest absolute Gasteiger partial charge is 0.484 e. The smallest absolute Gasteiger partial charge is 0.406 e. The number of anilines is 1. The van der Waals surface area contributed by atoms with Gasteiger partial charge in [0.2, 0.25) is 0 Å². The van der Waals surface area contributed by atoms with E-state index in [1.165, 1.54) is 12.1 Å². The summed E-state index contributed by atoms with van der Waals surface area (Å²) in [6, 6.07) is 6.21. The summed E-state index contributed by atoms with van der Waals surface area (Å²) in [5.74, 6) is -0.373. The quantitative estimate of drug-likeness (QED) is 0.840. The highest BCUT2D eigenvalue weighted by Crippen LogP contribution is 2.16. The molecular weight excluding hydrogens is 249 g/mol. The first-order valence-corrected chi connectivity index (χ1v) is 5.07. The van der Waals surface area contributed by atoms with Crippen molar-refractivity contribution < 1.29 is 22.7 Å². The van der Waals surface area contributed by atoms with Crippen LogP contribution in [0, 0.1) is 0 Å². The van der Waals surface area contributed by atoms with Gasteiger partial charge in [0.1, 0.15) is 12.3 Å². The van der Waals surface area contributed by atoms with Gasteiger partial charge in [0.25, 0.3) is 5.91 Å². The van der Waals surface area contributed by atoms with E-state index >= 15 is 0 Å². The van der Waals surface area contributed by atoms with Crippen LogP contribution < -0.4 is 10.5 Å². The standard InChI is InChI=1S/C11H13F3N2O2/c1-16(7-11(12,13)14)10(17)6-18-9-4-2-8(15)3-5-9/h2-5H,6-7,15H2,1H3. The molecule has 0 saturated carbocycles. The maximum Gasteiger partial charge on any atom is 0.406 e. The van der Waals surface area contributed by atoms with E-state index in [9.17, 15) is 18.0 Å². The van der Waals surface area contributed by atoms with Crippen LogP contribution in [0.5, 0.6) is 5.75 Å². The Hall–Kier alpha value is -1.92. The van der Waals surface area contributed by atoms with Crippen LogP contribution in [0.2, 0.25) is 0 Å². The van der Waals surface area contributed by atoms with E-state index in [-0.39, 0.29) is 0 Å². The SMILES string of the molecule is CN(CC(F)(F)F)C(=O)COc1ccc(N)cc1. The molecule has 1 rings (SSSR count). The maximum absolute atomic E-state index is 12.0. The molecule has 0 unspecified atom stereocenters. The van der Waals surface area contributed by atoms with Gasteiger partial charge in [-0.25, -0.2) is 0 Å². The fourth-order valence-electron chi connectivity index (χ4n) is 1.18. The van der Waals surface area contributed by atoms with Gasteiger partial charge in [0.15, 0.2) is 6.61 Å². The molecule has 1 amide bonds. The molecule has 0 fully saturated rings. The van der Waals surface area contributed by atoms with Gasteiger partial charge in [-0.15, -0.1) is 0 Å². The lowest BCUT2D eigenvalue weighted by molar-refractivity contribution is -0.159. The Bertz CT molecular complexity index is 404. The summed E-state index contributed by atoms with van der Waals surface area (Å²) in [6.45, 7) is -1.74. The van der Waals surface area contributed by atoms with Gasteiger partial charge < -0.3 is 15.4 Å². The molecule has 0 atom stereocenters. The normalized spacial score (nSPS) is 11.1. The van der Waals surface area contributed by atoms with Crippen molar-refractivity contribution in [2.75, 3.05) is 25.9 Å². The molecule has 1 aromatic carbocycles. The summed E-state index contributed by atoms with van der Waals surface area (Å²) in [6.07, 6.45) is -4.41. The highest BCUT2D eigenvalue weighted by atomic mass is 19.4. The van der Waals surface area contributed by atoms with Crippen molar-refractivity contribution in [1.29, 1.82) is 0 Å². The monoisotopic (exact) mass is 262 g/mol. The molecule has 0 aromatic heterocycles. The Balaban J connectivity index is 2.43. The Morgan fingerprint density at radius 1 is 1.33 bits per heavy atom. The number of nitrogen functional groups attached to an aromatic ring is 1. The minimum Gasteiger partial charge on any atom is -0.484 e. The fraction of sp³-hybridized carbons (Fsp3) is 0.364. The summed E-state index contributed by atoms with van der Waals surface area (Å²) in [5.41, 5.74) is 5.97. The molecule has 1 aromatic rings. The number of hydrogen-bond donors (Lipinski definition) is 1. The number of benzene rings is 1. The predicted molar refractivity (Wildman–Crippen MR) is 60.0 cm³/mol. The molecule has 0 aliphatic rings. The number of carbonyl (C=O) groups excluding carboxylic acids is 1. The van der Waals surface area contributed by atoms with Gasteiger partial charge in [0.05, 0.1) is 0 Å². The summed E-state index contributed by atoms with van der Waals surface area (Å²) >= 11 is 0. The molecule has 0 aliphatic carbocycles. The molecule has 7 heteroatoms. The van der Waals surface area contributed by atoms with E-state index < -0.39 is 25.2 Å². The van der Waals surface area contributed by atoms with E-state index in [0.717, 1.165) is 7.05 Å². The number of carbonyl (C=O) groups is 1. The van der Waals surface area contributed by atoms with Gasteiger partial charge in [0, 0.05) is 12.7 Å². The lowest BCUT2D eigenvalue weighted by Crippen LogP contribution is -2.38. The molecule has 4 nitrogen and oxygen atoms in total. The topological polar surface area (TPSA) is 55.6 Å². The third kappa shape index (κ3) is 4.94. The highest BCUT2D eigenvalue weighted by Gasteiger charge is 2.31. The van der Waals surface area contributed by atoms with E-state index in [1.807, 2.05) is 0 Å². The summed E-state index contributed by atoms with van der Waals surface area (Å²) in [7, 11) is 1.07. The van der Waals surface area contributed by atoms with Gasteiger partial charge in [-0.2, -0.15) is 13.2 Å². The zero-order chi connectivity index (χ0) is 13.8. The van der Waals surface area contributed by atoms with Crippen LogP contribution in [0.4, 0.5) is 18.9 Å². The number of alkyl halides is 3. The zero-order valence-electron chi connectivity index (χ0n) is 9.70. The number of hydrogen-bond acceptors (Lipinski definition) is 3. The summed E-state index contributed by atoms with van der Waals surface area (Å²) in [5, 5.41) is 0. The van der Waals surface area contributed by atoms with Crippen LogP contribution >= 0.6 is 0 Å². The van der Waals surface area contributed by atoms with Crippen molar-refractivity contribution in [2.45, 2.75) is 6.18 Å². The van der Waals surface area contributed by atoms with Crippen molar-refractivity contribution in [2.24, 2.45) is 0 Å². The van der Waals surface area contributed by atoms with Crippen molar-refractivity contribution in [1.82, 2.24) is 4.90 Å². The van der Waals surface area contributed by atoms with Crippen LogP contribution in [-0.2, 0) is 4.79 Å². The Morgan fingerprint density at radius 2 is 1.89 bits per heavy atom. The minimum atomic E-state index is -4.41. The molecule has 0 radical (unpaired) electrons. The molecule has 0 heterocycles. The average molecular weight is 262 g/mol. The summed E-state index contributed by atoms with van der Waals surface area (Å²) in [4.78, 5) is 11.9. The van der Waals surface area contributed by atoms with Gasteiger partial charge in [-0.1, -0.05) is 0 Å². The van der Waals surface area contributed by atoms with Crippen molar-refractivity contribution in [3.05, 3.63) is 24.3 Å². The fourth-order valence-corrected chi connectivity index (χ4v) is 1.18. The van der Waals surface area contributed by atoms with Crippen LogP contribution in [0.15, 0.2) is 24.3 Å². The molecule has 2 N–H and O–H groups in total. The third-order valence-corrected chi connectivity index (χ3v) is 2.08. The van der Waals surface area contributed by atoms with Crippen LogP contribution in [-0.4, -0.2) is 37.2 Å². The second kappa shape index (κ2) is 5.61. The molecule has 100 valence electrons. The number of nitrogens with zero attached hydrogens (tertiary/aromatic N) is 1. The molecule has 0 aliphatic heterocycles. The maximum atomic E-state index is 12.0. The average Bonchev–Trinajstić information content (AvgIpc) is 2.25. The number of amides is 1. The van der Waals surface area contributed by atoms with E-state index in [4.69, 9.17) is 10.5 Å². The lowest BCUT2D eigenvalue weighted by atomic mass is 10.3. The van der Waals surface area contributed by atoms with E-state index in [0.29, 0.717) is 16.3 Å². The second-order valence-electron chi connectivity index (χ2n) is 3.72. The lowest BCUT2D eigenvalue weighted by Gasteiger charge is -2.19. The molecule has 0 bridgehead atoms. The zero-order valence-corrected chi connectivity index (χ0v) is 9.70. The first kappa shape index (κ1) is 14.1. The molecule has 18 heavy (non-hydrogen) atoms. The van der Waals surface area contributed by atoms with Crippen molar-refractivity contribution >= 4 is 11.6 Å². The van der Waals surface area contributed by atoms with Gasteiger partial charge in [-0.05, 0) is 24.3 Å². The Morgan fingerprint density at radius 3 is 2.39 bits per heavy atom. The third-order valence-electron chi connectivity index (χ3n) is 2.08. The van der Waals surface area contributed by atoms with Gasteiger partial charge in [-0.3, -0.25) is 4.79 Å². The van der Waals surface area contributed by atoms with Crippen LogP contribution in [0.1, 0.15) is 0 Å². The Labute approximate surface area is 102 Å². The predicted octanol–water partition coefficient (Wildman–Crippen LogP) is 1.67. The molecular formula is C11H13F3N2O2. The van der Waals surface area contributed by atoms with Crippen molar-refractivity contribution in [3.63, 3.8) is 0 Å². The van der Waals surface area contributed by atoms with Crippen molar-refractivity contribution in [3.8, 4) is 5.75 Å². The van der Waals surface area contributed by atoms with E-state index in [1.54, 1.807) is 12.1 Å². The first-order valence-electron chi connectivity index (χ1n) is 5.07.